The smallest absolute Gasteiger partial charge is 0.135 e. The third-order valence-electron chi connectivity index (χ3n) is 17.7. The monoisotopic (exact) mass is 1040 g/mol. The van der Waals surface area contributed by atoms with Crippen LogP contribution in [-0.4, -0.2) is 0 Å². The van der Waals surface area contributed by atoms with Crippen molar-refractivity contribution in [3.8, 4) is 89.8 Å². The van der Waals surface area contributed by atoms with Gasteiger partial charge in [0.15, 0.2) is 0 Å². The summed E-state index contributed by atoms with van der Waals surface area (Å²) in [5.74, 6) is 3.86. The molecule has 81 heavy (non-hydrogen) atoms. The molecule has 16 rings (SSSR count). The van der Waals surface area contributed by atoms with E-state index >= 15 is 0 Å². The molecule has 384 valence electrons. The molecule has 0 fully saturated rings. The van der Waals surface area contributed by atoms with Gasteiger partial charge in [-0.1, -0.05) is 240 Å². The van der Waals surface area contributed by atoms with E-state index in [2.05, 4.69) is 276 Å². The molecular weight excluding hydrogens is 981 g/mol. The molecule has 2 heteroatoms. The van der Waals surface area contributed by atoms with Crippen LogP contribution in [0.5, 0.6) is 23.0 Å². The van der Waals surface area contributed by atoms with Crippen LogP contribution in [0.25, 0.3) is 131 Å². The molecule has 0 amide bonds. The molecule has 1 unspecified atom stereocenters. The summed E-state index contributed by atoms with van der Waals surface area (Å²) in [5.41, 5.74) is 18.5. The molecule has 2 nitrogen and oxygen atoms in total. The van der Waals surface area contributed by atoms with Crippen LogP contribution in [0.3, 0.4) is 0 Å². The number of benzene rings is 14. The van der Waals surface area contributed by atoms with Crippen LogP contribution in [0.15, 0.2) is 249 Å². The summed E-state index contributed by atoms with van der Waals surface area (Å²) in [5, 5.41) is 14.7. The van der Waals surface area contributed by atoms with Crippen molar-refractivity contribution < 1.29 is 9.47 Å². The third kappa shape index (κ3) is 7.47. The number of fused-ring (bicyclic) bond motifs is 8. The Morgan fingerprint density at radius 1 is 0.321 bits per heavy atom. The summed E-state index contributed by atoms with van der Waals surface area (Å²) in [7, 11) is 0. The van der Waals surface area contributed by atoms with Crippen molar-refractivity contribution in [3.63, 3.8) is 0 Å². The van der Waals surface area contributed by atoms with Crippen LogP contribution in [0.4, 0.5) is 0 Å². The molecule has 1 atom stereocenters. The van der Waals surface area contributed by atoms with E-state index in [-0.39, 0.29) is 11.3 Å². The highest BCUT2D eigenvalue weighted by Crippen LogP contribution is 2.53. The van der Waals surface area contributed by atoms with Crippen LogP contribution in [-0.2, 0) is 11.8 Å². The first-order valence-electron chi connectivity index (χ1n) is 28.5. The average Bonchev–Trinajstić information content (AvgIpc) is 3.65. The molecule has 0 saturated heterocycles. The second-order valence-corrected chi connectivity index (χ2v) is 23.5. The summed E-state index contributed by atoms with van der Waals surface area (Å²) < 4.78 is 13.7. The zero-order chi connectivity index (χ0) is 54.1. The Hall–Kier alpha value is -9.76. The molecule has 0 aliphatic carbocycles. The van der Waals surface area contributed by atoms with Gasteiger partial charge < -0.3 is 9.47 Å². The molecule has 2 aliphatic heterocycles. The maximum atomic E-state index is 7.00. The maximum absolute atomic E-state index is 7.00. The molecule has 14 aromatic rings. The molecule has 0 saturated carbocycles. The number of ether oxygens (including phenoxy) is 2. The summed E-state index contributed by atoms with van der Waals surface area (Å²) in [4.78, 5) is 0. The fraction of sp³-hybridized carbons (Fsp3) is 0.0886. The fourth-order valence-corrected chi connectivity index (χ4v) is 13.8. The third-order valence-corrected chi connectivity index (χ3v) is 17.7. The number of hydrogen-bond donors (Lipinski definition) is 0. The molecule has 14 aromatic carbocycles. The summed E-state index contributed by atoms with van der Waals surface area (Å²) in [6, 6.07) is 92.0. The van der Waals surface area contributed by atoms with Crippen LogP contribution in [0.1, 0.15) is 50.3 Å². The predicted molar refractivity (Wildman–Crippen MR) is 342 cm³/mol. The highest BCUT2D eigenvalue weighted by molar-refractivity contribution is 6.23. The standard InChI is InChI=1S/C79H56O2/c1-47(48-30-32-50(33-31-48)73-60-18-5-9-22-64(60)75(65-23-10-6-19-61(65)73)53-37-41-57-59-27-13-16-49-17-14-28-69(77(49)59)80-71(57)45-53)44-52-36-43-68-58-42-38-54(46-72(58)81-70-29-15-26-56(52)78(68)70)76-66-24-11-7-20-62(66)74(63-21-8-12-25-67(63)76)51-34-39-55(40-35-51)79(2,3)4/h5-43,45-47H,44H2,1-4H3. The second-order valence-electron chi connectivity index (χ2n) is 23.5. The normalized spacial score (nSPS) is 12.9. The molecule has 2 heterocycles. The SMILES string of the molecule is CC(Cc1ccc2c3c(cccc13)Oc1cc(-c3c4ccccc4c(-c4ccc(C(C)(C)C)cc4)c4ccccc34)ccc1-2)c1ccc(-c2c3ccccc3c(-c3ccc4c(c3)Oc3cccc5cccc-4c35)c3ccccc23)cc1. The van der Waals surface area contributed by atoms with Gasteiger partial charge in [0, 0.05) is 21.9 Å². The highest BCUT2D eigenvalue weighted by atomic mass is 16.5. The van der Waals surface area contributed by atoms with Gasteiger partial charge in [0.05, 0.1) is 0 Å². The van der Waals surface area contributed by atoms with Gasteiger partial charge in [-0.05, 0) is 180 Å². The molecule has 2 aliphatic rings. The van der Waals surface area contributed by atoms with E-state index in [1.165, 1.54) is 126 Å². The van der Waals surface area contributed by atoms with Gasteiger partial charge in [-0.15, -0.1) is 0 Å². The van der Waals surface area contributed by atoms with E-state index in [1.54, 1.807) is 0 Å². The van der Waals surface area contributed by atoms with Crippen molar-refractivity contribution in [3.05, 3.63) is 265 Å². The van der Waals surface area contributed by atoms with Gasteiger partial charge in [-0.25, -0.2) is 0 Å². The Balaban J connectivity index is 0.717. The summed E-state index contributed by atoms with van der Waals surface area (Å²) in [6.07, 6.45) is 0.897. The first-order valence-corrected chi connectivity index (χ1v) is 28.5. The molecule has 0 spiro atoms. The van der Waals surface area contributed by atoms with Crippen molar-refractivity contribution in [2.75, 3.05) is 0 Å². The first-order chi connectivity index (χ1) is 39.7. The molecule has 0 N–H and O–H groups in total. The van der Waals surface area contributed by atoms with E-state index < -0.39 is 0 Å². The van der Waals surface area contributed by atoms with E-state index in [0.717, 1.165) is 51.7 Å². The van der Waals surface area contributed by atoms with Gasteiger partial charge in [0.2, 0.25) is 0 Å². The van der Waals surface area contributed by atoms with Gasteiger partial charge >= 0.3 is 0 Å². The van der Waals surface area contributed by atoms with Crippen LogP contribution in [0, 0.1) is 0 Å². The minimum atomic E-state index is 0.0841. The fourth-order valence-electron chi connectivity index (χ4n) is 13.8. The van der Waals surface area contributed by atoms with Crippen molar-refractivity contribution in [1.29, 1.82) is 0 Å². The second kappa shape index (κ2) is 18.1. The van der Waals surface area contributed by atoms with Gasteiger partial charge in [0.25, 0.3) is 0 Å². The topological polar surface area (TPSA) is 18.5 Å². The van der Waals surface area contributed by atoms with Crippen molar-refractivity contribution in [1.82, 2.24) is 0 Å². The van der Waals surface area contributed by atoms with Gasteiger partial charge in [0.1, 0.15) is 23.0 Å². The zero-order valence-corrected chi connectivity index (χ0v) is 45.8. The van der Waals surface area contributed by atoms with Crippen molar-refractivity contribution in [2.24, 2.45) is 0 Å². The minimum absolute atomic E-state index is 0.0841. The quantitative estimate of drug-likeness (QED) is 0.148. The Morgan fingerprint density at radius 2 is 0.704 bits per heavy atom. The van der Waals surface area contributed by atoms with Crippen LogP contribution >= 0.6 is 0 Å². The van der Waals surface area contributed by atoms with Crippen LogP contribution in [0.2, 0.25) is 0 Å². The van der Waals surface area contributed by atoms with Gasteiger partial charge in [-0.2, -0.15) is 0 Å². The molecule has 0 aromatic heterocycles. The molecule has 0 bridgehead atoms. The largest absolute Gasteiger partial charge is 0.456 e. The molecule has 0 radical (unpaired) electrons. The van der Waals surface area contributed by atoms with Gasteiger partial charge in [-0.3, -0.25) is 0 Å². The summed E-state index contributed by atoms with van der Waals surface area (Å²) in [6.45, 7) is 9.19. The van der Waals surface area contributed by atoms with E-state index in [9.17, 15) is 0 Å². The summed E-state index contributed by atoms with van der Waals surface area (Å²) >= 11 is 0. The Bertz CT molecular complexity index is 4820. The van der Waals surface area contributed by atoms with Crippen molar-refractivity contribution in [2.45, 2.75) is 45.4 Å². The van der Waals surface area contributed by atoms with Crippen LogP contribution < -0.4 is 9.47 Å². The average molecular weight is 1040 g/mol. The van der Waals surface area contributed by atoms with E-state index in [4.69, 9.17) is 9.47 Å². The zero-order valence-electron chi connectivity index (χ0n) is 45.8. The highest BCUT2D eigenvalue weighted by Gasteiger charge is 2.27. The lowest BCUT2D eigenvalue weighted by atomic mass is 9.83. The Kier molecular flexibility index (Phi) is 10.6. The van der Waals surface area contributed by atoms with E-state index in [0.29, 0.717) is 0 Å². The minimum Gasteiger partial charge on any atom is -0.456 e. The predicted octanol–water partition coefficient (Wildman–Crippen LogP) is 22.5. The molecular formula is C79H56O2. The van der Waals surface area contributed by atoms with E-state index in [1.807, 2.05) is 0 Å². The lowest BCUT2D eigenvalue weighted by Gasteiger charge is -2.24. The maximum Gasteiger partial charge on any atom is 0.135 e. The lowest BCUT2D eigenvalue weighted by molar-refractivity contribution is 0.487. The van der Waals surface area contributed by atoms with Crippen molar-refractivity contribution >= 4 is 64.6 Å². The first kappa shape index (κ1) is 47.3. The number of hydrogen-bond acceptors (Lipinski definition) is 2. The number of rotatable bonds is 7. The lowest BCUT2D eigenvalue weighted by Crippen LogP contribution is -2.10. The Morgan fingerprint density at radius 3 is 1.19 bits per heavy atom. The Labute approximate surface area is 472 Å².